The molecular formula is C12H17N2O7+. The number of aromatic nitrogens is 2. The smallest absolute Gasteiger partial charge is 0.336 e. The first-order valence-electron chi connectivity index (χ1n) is 6.05. The Kier molecular flexibility index (Phi) is 5.03. The monoisotopic (exact) mass is 301 g/mol. The summed E-state index contributed by atoms with van der Waals surface area (Å²) in [4.78, 5) is 36.0. The van der Waals surface area contributed by atoms with Crippen LogP contribution in [0.25, 0.3) is 0 Å². The van der Waals surface area contributed by atoms with Crippen molar-refractivity contribution in [1.29, 1.82) is 0 Å². The Morgan fingerprint density at radius 2 is 2.00 bits per heavy atom. The Labute approximate surface area is 119 Å². The van der Waals surface area contributed by atoms with Gasteiger partial charge in [-0.3, -0.25) is 9.59 Å². The molecule has 2 unspecified atom stereocenters. The predicted molar refractivity (Wildman–Crippen MR) is 65.9 cm³/mol. The number of hydrogen-bond acceptors (Lipinski definition) is 5. The van der Waals surface area contributed by atoms with Gasteiger partial charge in [0, 0.05) is 0 Å². The fraction of sp³-hybridized carbons (Fsp3) is 0.500. The summed E-state index contributed by atoms with van der Waals surface area (Å²) >= 11 is 0. The zero-order valence-electron chi connectivity index (χ0n) is 11.6. The molecule has 0 saturated carbocycles. The van der Waals surface area contributed by atoms with Gasteiger partial charge in [0.2, 0.25) is 0 Å². The van der Waals surface area contributed by atoms with Crippen molar-refractivity contribution >= 4 is 17.9 Å². The topological polar surface area (TPSA) is 141 Å². The molecule has 0 fully saturated rings. The summed E-state index contributed by atoms with van der Waals surface area (Å²) < 4.78 is 6.66. The third-order valence-electron chi connectivity index (χ3n) is 2.88. The van der Waals surface area contributed by atoms with Crippen LogP contribution in [0.5, 0.6) is 0 Å². The van der Waals surface area contributed by atoms with Crippen LogP contribution in [0.3, 0.4) is 0 Å². The first-order chi connectivity index (χ1) is 9.65. The maximum absolute atomic E-state index is 11.7. The molecule has 2 atom stereocenters. The predicted octanol–water partition coefficient (Wildman–Crippen LogP) is -0.876. The number of ether oxygens (including phenoxy) is 1. The van der Waals surface area contributed by atoms with E-state index >= 15 is 0 Å². The summed E-state index contributed by atoms with van der Waals surface area (Å²) in [7, 11) is 1.72. The lowest BCUT2D eigenvalue weighted by atomic mass is 9.96. The summed E-state index contributed by atoms with van der Waals surface area (Å²) in [6, 6.07) is 0. The van der Waals surface area contributed by atoms with E-state index < -0.39 is 42.5 Å². The molecule has 0 radical (unpaired) electrons. The third-order valence-corrected chi connectivity index (χ3v) is 2.88. The van der Waals surface area contributed by atoms with E-state index in [4.69, 9.17) is 14.9 Å². The van der Waals surface area contributed by atoms with Gasteiger partial charge in [-0.25, -0.2) is 14.3 Å². The number of esters is 1. The van der Waals surface area contributed by atoms with Crippen molar-refractivity contribution in [1.82, 2.24) is 4.98 Å². The average molecular weight is 301 g/mol. The molecule has 1 aromatic heterocycles. The second kappa shape index (κ2) is 6.35. The molecular weight excluding hydrogens is 284 g/mol. The highest BCUT2D eigenvalue weighted by Gasteiger charge is 2.42. The highest BCUT2D eigenvalue weighted by Crippen LogP contribution is 2.19. The first-order valence-corrected chi connectivity index (χ1v) is 6.05. The number of nitrogens with zero attached hydrogens (tertiary/aromatic N) is 1. The minimum Gasteiger partial charge on any atom is -0.481 e. The highest BCUT2D eigenvalue weighted by atomic mass is 16.5. The second-order valence-corrected chi connectivity index (χ2v) is 4.67. The van der Waals surface area contributed by atoms with Gasteiger partial charge < -0.3 is 20.1 Å². The van der Waals surface area contributed by atoms with Gasteiger partial charge >= 0.3 is 17.9 Å². The number of carboxylic acid groups (broad SMARTS) is 2. The number of imidazole rings is 1. The summed E-state index contributed by atoms with van der Waals surface area (Å²) in [6.07, 6.45) is 0.557. The van der Waals surface area contributed by atoms with E-state index in [-0.39, 0.29) is 0 Å². The van der Waals surface area contributed by atoms with Gasteiger partial charge in [0.05, 0.1) is 19.9 Å². The summed E-state index contributed by atoms with van der Waals surface area (Å²) in [5, 5.41) is 27.2. The largest absolute Gasteiger partial charge is 0.481 e. The van der Waals surface area contributed by atoms with Crippen LogP contribution in [-0.4, -0.2) is 43.8 Å². The molecule has 0 spiro atoms. The number of aromatic amines is 1. The Hall–Kier alpha value is -2.42. The molecule has 1 aromatic rings. The van der Waals surface area contributed by atoms with E-state index in [1.54, 1.807) is 30.9 Å². The van der Waals surface area contributed by atoms with Crippen molar-refractivity contribution in [2.45, 2.75) is 31.5 Å². The van der Waals surface area contributed by atoms with E-state index in [0.29, 0.717) is 5.82 Å². The first kappa shape index (κ1) is 16.6. The fourth-order valence-electron chi connectivity index (χ4n) is 1.82. The molecule has 116 valence electrons. The second-order valence-electron chi connectivity index (χ2n) is 4.67. The van der Waals surface area contributed by atoms with Crippen LogP contribution < -0.4 is 4.57 Å². The number of carbonyl (C=O) groups is 3. The van der Waals surface area contributed by atoms with E-state index in [0.717, 1.165) is 0 Å². The van der Waals surface area contributed by atoms with Crippen molar-refractivity contribution in [3.8, 4) is 0 Å². The molecule has 0 aliphatic carbocycles. The van der Waals surface area contributed by atoms with Crippen LogP contribution in [0.1, 0.15) is 31.7 Å². The van der Waals surface area contributed by atoms with E-state index in [9.17, 15) is 19.5 Å². The zero-order valence-corrected chi connectivity index (χ0v) is 11.6. The van der Waals surface area contributed by atoms with Crippen LogP contribution in [0, 0.1) is 0 Å². The minimum absolute atomic E-state index is 0.556. The van der Waals surface area contributed by atoms with Crippen molar-refractivity contribution in [3.63, 3.8) is 0 Å². The minimum atomic E-state index is -2.69. The number of carbonyl (C=O) groups excluding carboxylic acids is 1. The summed E-state index contributed by atoms with van der Waals surface area (Å²) in [5.41, 5.74) is -2.69. The number of nitrogens with one attached hydrogen (secondary N) is 1. The van der Waals surface area contributed by atoms with Crippen molar-refractivity contribution in [2.24, 2.45) is 7.05 Å². The van der Waals surface area contributed by atoms with Crippen LogP contribution in [0.4, 0.5) is 0 Å². The van der Waals surface area contributed by atoms with Gasteiger partial charge in [-0.15, -0.1) is 0 Å². The Balaban J connectivity index is 2.73. The standard InChI is InChI=1S/C12H16N2O7/c1-7(10-13-3-4-14(10)2)21-9(17)6-12(20,11(18)19)5-8(15)16/h3-4,7,20H,5-6H2,1-2H3,(H2,15,16,18,19)/p+1. The van der Waals surface area contributed by atoms with Crippen LogP contribution >= 0.6 is 0 Å². The Morgan fingerprint density at radius 1 is 1.38 bits per heavy atom. The molecule has 21 heavy (non-hydrogen) atoms. The lowest BCUT2D eigenvalue weighted by Gasteiger charge is -2.20. The van der Waals surface area contributed by atoms with Gasteiger partial charge in [0.25, 0.3) is 5.82 Å². The van der Waals surface area contributed by atoms with Crippen molar-refractivity contribution in [3.05, 3.63) is 18.2 Å². The Morgan fingerprint density at radius 3 is 2.43 bits per heavy atom. The van der Waals surface area contributed by atoms with Gasteiger partial charge in [-0.1, -0.05) is 0 Å². The molecule has 9 heteroatoms. The molecule has 0 aliphatic rings. The van der Waals surface area contributed by atoms with Crippen LogP contribution in [0.15, 0.2) is 12.4 Å². The molecule has 0 bridgehead atoms. The number of hydrogen-bond donors (Lipinski definition) is 4. The number of rotatable bonds is 7. The molecule has 0 amide bonds. The maximum atomic E-state index is 11.7. The maximum Gasteiger partial charge on any atom is 0.336 e. The number of H-pyrrole nitrogens is 1. The molecule has 9 nitrogen and oxygen atoms in total. The molecule has 1 heterocycles. The zero-order chi connectivity index (χ0) is 16.2. The van der Waals surface area contributed by atoms with E-state index in [1.807, 2.05) is 0 Å². The van der Waals surface area contributed by atoms with Gasteiger partial charge in [0.15, 0.2) is 11.7 Å². The van der Waals surface area contributed by atoms with Gasteiger partial charge in [0.1, 0.15) is 12.4 Å². The van der Waals surface area contributed by atoms with Gasteiger partial charge in [-0.05, 0) is 6.92 Å². The quantitative estimate of drug-likeness (QED) is 0.378. The molecule has 0 aliphatic heterocycles. The number of aryl methyl sites for hydroxylation is 1. The number of carboxylic acids is 2. The lowest BCUT2D eigenvalue weighted by molar-refractivity contribution is -0.681. The average Bonchev–Trinajstić information content (AvgIpc) is 2.73. The van der Waals surface area contributed by atoms with Crippen molar-refractivity contribution < 1.29 is 39.0 Å². The number of aliphatic carboxylic acids is 2. The molecule has 0 aromatic carbocycles. The van der Waals surface area contributed by atoms with E-state index in [1.165, 1.54) is 0 Å². The summed E-state index contributed by atoms with van der Waals surface area (Å²) in [6.45, 7) is 1.56. The van der Waals surface area contributed by atoms with Crippen LogP contribution in [0.2, 0.25) is 0 Å². The van der Waals surface area contributed by atoms with Gasteiger partial charge in [-0.2, -0.15) is 0 Å². The SMILES string of the molecule is CC(OC(=O)CC(O)(CC(=O)O)C(=O)O)c1[nH]cc[n+]1C. The number of aliphatic hydroxyl groups is 1. The van der Waals surface area contributed by atoms with Crippen LogP contribution in [-0.2, 0) is 26.2 Å². The third kappa shape index (κ3) is 4.28. The molecule has 0 saturated heterocycles. The normalized spacial score (nSPS) is 15.0. The highest BCUT2D eigenvalue weighted by molar-refractivity contribution is 5.88. The Bertz CT molecular complexity index is 554. The summed E-state index contributed by atoms with van der Waals surface area (Å²) in [5.74, 6) is -3.78. The fourth-order valence-corrected chi connectivity index (χ4v) is 1.82. The van der Waals surface area contributed by atoms with E-state index in [2.05, 4.69) is 4.98 Å². The molecule has 1 rings (SSSR count). The van der Waals surface area contributed by atoms with Crippen molar-refractivity contribution in [2.75, 3.05) is 0 Å². The lowest BCUT2D eigenvalue weighted by Crippen LogP contribution is -2.43. The molecule has 4 N–H and O–H groups in total.